The van der Waals surface area contributed by atoms with E-state index >= 15 is 0 Å². The van der Waals surface area contributed by atoms with Crippen LogP contribution in [-0.4, -0.2) is 91.0 Å². The molecule has 0 spiro atoms. The molecule has 10 heteroatoms. The zero-order valence-corrected chi connectivity index (χ0v) is 52.7. The Labute approximate surface area is 470 Å². The van der Waals surface area contributed by atoms with Gasteiger partial charge in [-0.15, -0.1) is 0 Å². The van der Waals surface area contributed by atoms with Gasteiger partial charge in [0.15, 0.2) is 0 Å². The fourth-order valence-electron chi connectivity index (χ4n) is 8.54. The summed E-state index contributed by atoms with van der Waals surface area (Å²) in [5.41, 5.74) is 3.41. The van der Waals surface area contributed by atoms with Crippen molar-refractivity contribution >= 4 is 106 Å². The van der Waals surface area contributed by atoms with Gasteiger partial charge in [-0.1, -0.05) is 277 Å². The molecule has 0 aliphatic rings. The van der Waals surface area contributed by atoms with Crippen molar-refractivity contribution in [3.8, 4) is 0 Å². The first-order valence-electron chi connectivity index (χ1n) is 24.9. The maximum atomic E-state index is 12.3. The van der Waals surface area contributed by atoms with Gasteiger partial charge in [-0.3, -0.25) is 0 Å². The second kappa shape index (κ2) is 32.6. The minimum absolute atomic E-state index is 0. The minimum Gasteiger partial charge on any atom is -0.810 e. The normalized spacial score (nSPS) is 13.7. The Morgan fingerprint density at radius 1 is 0.391 bits per heavy atom. The van der Waals surface area contributed by atoms with E-state index in [1.54, 1.807) is 0 Å². The van der Waals surface area contributed by atoms with Gasteiger partial charge >= 0.3 is 91.0 Å². The summed E-state index contributed by atoms with van der Waals surface area (Å²) in [5, 5.41) is 0. The van der Waals surface area contributed by atoms with Gasteiger partial charge in [0.25, 0.3) is 0 Å². The van der Waals surface area contributed by atoms with Crippen molar-refractivity contribution in [1.29, 1.82) is 0 Å². The van der Waals surface area contributed by atoms with Crippen LogP contribution in [0.2, 0.25) is 0 Å². The van der Waals surface area contributed by atoms with Crippen LogP contribution in [0, 0.1) is 0 Å². The van der Waals surface area contributed by atoms with E-state index in [0.29, 0.717) is 24.0 Å². The molecule has 0 N–H and O–H groups in total. The molecule has 0 aliphatic carbocycles. The molecule has 0 fully saturated rings. The number of rotatable bonds is 26. The molecule has 2 aromatic carbocycles. The summed E-state index contributed by atoms with van der Waals surface area (Å²) in [7, 11) is -9.45. The molecule has 64 heavy (non-hydrogen) atoms. The van der Waals surface area contributed by atoms with Crippen LogP contribution < -0.4 is 19.6 Å². The molecule has 0 amide bonds. The molecule has 360 valence electrons. The predicted molar refractivity (Wildman–Crippen MR) is 273 cm³/mol. The van der Waals surface area contributed by atoms with Crippen LogP contribution in [0.15, 0.2) is 36.4 Å². The zero-order chi connectivity index (χ0) is 47.4. The van der Waals surface area contributed by atoms with Crippen molar-refractivity contribution in [1.82, 2.24) is 0 Å². The second-order valence-corrected chi connectivity index (χ2v) is 26.1. The van der Waals surface area contributed by atoms with Crippen molar-refractivity contribution in [3.63, 3.8) is 0 Å². The molecule has 0 aromatic heterocycles. The number of hydrogen-bond acceptors (Lipinski definition) is 6. The van der Waals surface area contributed by atoms with Crippen molar-refractivity contribution in [2.45, 2.75) is 271 Å². The topological polar surface area (TPSA) is 126 Å². The summed E-state index contributed by atoms with van der Waals surface area (Å²) in [4.78, 5) is 49.0. The maximum Gasteiger partial charge on any atom is 2.00 e. The van der Waals surface area contributed by atoms with E-state index in [1.807, 2.05) is 24.3 Å². The average molecular weight is 1080 g/mol. The predicted octanol–water partition coefficient (Wildman–Crippen LogP) is 14.3. The van der Waals surface area contributed by atoms with E-state index in [2.05, 4.69) is 109 Å². The molecular weight excluding hydrogens is 982 g/mol. The molecule has 6 nitrogen and oxygen atoms in total. The van der Waals surface area contributed by atoms with Crippen molar-refractivity contribution < 1.29 is 28.7 Å². The van der Waals surface area contributed by atoms with Gasteiger partial charge < -0.3 is 28.7 Å². The first-order chi connectivity index (χ1) is 28.6. The number of benzene rings is 2. The van der Waals surface area contributed by atoms with Crippen LogP contribution >= 0.6 is 15.2 Å². The van der Waals surface area contributed by atoms with Crippen LogP contribution in [0.5, 0.6) is 0 Å². The monoisotopic (exact) mass is 1080 g/mol. The van der Waals surface area contributed by atoms with Crippen molar-refractivity contribution in [2.75, 3.05) is 0 Å². The summed E-state index contributed by atoms with van der Waals surface area (Å²) < 4.78 is 24.5. The quantitative estimate of drug-likeness (QED) is 0.0525. The zero-order valence-electron chi connectivity index (χ0n) is 43.9. The summed E-state index contributed by atoms with van der Waals surface area (Å²) in [6.45, 7) is 30.0. The van der Waals surface area contributed by atoms with E-state index in [9.17, 15) is 28.7 Å². The van der Waals surface area contributed by atoms with Crippen LogP contribution in [0.4, 0.5) is 0 Å². The Morgan fingerprint density at radius 2 is 0.625 bits per heavy atom. The SMILES string of the molecule is CCCCCCCCCCCCC(c1ccc(C(C)(C)C)cc1C(C)(C)C)P(=O)([O-])[O-].CCCCCCCCCCCCC(c1ccc(C(C)(C)C)cc1C(C)(C)C)P(=O)([O-])[O-].[Sr+2].[Sr+2]. The first-order valence-corrected chi connectivity index (χ1v) is 28.1. The van der Waals surface area contributed by atoms with Gasteiger partial charge in [-0.25, -0.2) is 0 Å². The van der Waals surface area contributed by atoms with E-state index in [1.165, 1.54) is 101 Å². The molecule has 0 aliphatic heterocycles. The molecular formula is C54H94O6P2Sr2. The van der Waals surface area contributed by atoms with Gasteiger partial charge in [0.1, 0.15) is 0 Å². The molecule has 2 atom stereocenters. The third-order valence-corrected chi connectivity index (χ3v) is 15.2. The Kier molecular flexibility index (Phi) is 34.6. The molecule has 0 heterocycles. The number of unbranched alkanes of at least 4 members (excludes halogenated alkanes) is 18. The van der Waals surface area contributed by atoms with E-state index in [4.69, 9.17) is 0 Å². The Bertz CT molecular complexity index is 1520. The van der Waals surface area contributed by atoms with Gasteiger partial charge in [0.05, 0.1) is 0 Å². The van der Waals surface area contributed by atoms with E-state index < -0.39 is 26.5 Å². The van der Waals surface area contributed by atoms with Crippen LogP contribution in [-0.2, 0) is 30.8 Å². The maximum absolute atomic E-state index is 12.3. The fourth-order valence-corrected chi connectivity index (χ4v) is 10.7. The third-order valence-electron chi connectivity index (χ3n) is 12.6. The molecule has 2 aromatic rings. The fraction of sp³-hybridized carbons (Fsp3) is 0.778. The van der Waals surface area contributed by atoms with Crippen LogP contribution in [0.1, 0.15) is 283 Å². The summed E-state index contributed by atoms with van der Waals surface area (Å²) in [6.07, 6.45) is 24.8. The number of hydrogen-bond donors (Lipinski definition) is 0. The Morgan fingerprint density at radius 3 is 0.828 bits per heavy atom. The van der Waals surface area contributed by atoms with E-state index in [0.717, 1.165) is 49.7 Å². The van der Waals surface area contributed by atoms with Crippen molar-refractivity contribution in [2.24, 2.45) is 0 Å². The molecule has 0 radical (unpaired) electrons. The summed E-state index contributed by atoms with van der Waals surface area (Å²) in [5.74, 6) is 0. The Balaban J connectivity index is 0. The van der Waals surface area contributed by atoms with E-state index in [-0.39, 0.29) is 113 Å². The first kappa shape index (κ1) is 67.8. The van der Waals surface area contributed by atoms with Crippen LogP contribution in [0.3, 0.4) is 0 Å². The summed E-state index contributed by atoms with van der Waals surface area (Å²) in [6, 6.07) is 12.1. The van der Waals surface area contributed by atoms with Gasteiger partial charge in [-0.05, 0) is 67.9 Å². The molecule has 2 unspecified atom stereocenters. The molecule has 0 saturated carbocycles. The standard InChI is InChI=1S/2C27H49O3P.2Sr/c2*1-8-9-10-11-12-13-14-15-16-17-18-25(31(28,29)30)23-20-19-22(26(2,3)4)21-24(23)27(5,6)7;;/h2*19-21,25H,8-18H2,1-7H3,(H2,28,29,30);;/q;;2*+2/p-4. The van der Waals surface area contributed by atoms with Gasteiger partial charge in [0, 0.05) is 11.3 Å². The van der Waals surface area contributed by atoms with Crippen molar-refractivity contribution in [3.05, 3.63) is 69.8 Å². The van der Waals surface area contributed by atoms with Gasteiger partial charge in [-0.2, -0.15) is 0 Å². The molecule has 0 saturated heterocycles. The van der Waals surface area contributed by atoms with Crippen LogP contribution in [0.25, 0.3) is 0 Å². The van der Waals surface area contributed by atoms with Gasteiger partial charge in [0.2, 0.25) is 0 Å². The third kappa shape index (κ3) is 27.3. The largest absolute Gasteiger partial charge is 2.00 e. The molecule has 0 bridgehead atoms. The molecule has 2 rings (SSSR count). The smallest absolute Gasteiger partial charge is 0.810 e. The average Bonchev–Trinajstić information content (AvgIpc) is 3.13. The minimum atomic E-state index is -4.73. The summed E-state index contributed by atoms with van der Waals surface area (Å²) >= 11 is 0. The second-order valence-electron chi connectivity index (χ2n) is 22.7. The Hall–Kier alpha value is 1.70.